The highest BCUT2D eigenvalue weighted by Gasteiger charge is 2.10. The van der Waals surface area contributed by atoms with Crippen molar-refractivity contribution in [2.45, 2.75) is 26.7 Å². The Bertz CT molecular complexity index is 333. The summed E-state index contributed by atoms with van der Waals surface area (Å²) in [4.78, 5) is 11.8. The lowest BCUT2D eigenvalue weighted by atomic mass is 9.98. The van der Waals surface area contributed by atoms with Crippen LogP contribution in [0.3, 0.4) is 0 Å². The molecule has 1 unspecified atom stereocenters. The van der Waals surface area contributed by atoms with Gasteiger partial charge in [-0.05, 0) is 30.5 Å². The highest BCUT2D eigenvalue weighted by atomic mass is 16.1. The molecule has 0 saturated heterocycles. The summed E-state index contributed by atoms with van der Waals surface area (Å²) in [5.41, 5.74) is 7.53. The third kappa shape index (κ3) is 3.48. The average molecular weight is 205 g/mol. The van der Waals surface area contributed by atoms with Crippen molar-refractivity contribution in [3.8, 4) is 0 Å². The number of carbonyl (C=O) groups is 1. The van der Waals surface area contributed by atoms with Crippen LogP contribution in [-0.4, -0.2) is 12.3 Å². The maximum Gasteiger partial charge on any atom is 0.163 e. The number of rotatable bonds is 5. The van der Waals surface area contributed by atoms with E-state index < -0.39 is 0 Å². The molecule has 82 valence electrons. The van der Waals surface area contributed by atoms with E-state index in [1.165, 1.54) is 5.56 Å². The molecule has 0 amide bonds. The average Bonchev–Trinajstić information content (AvgIpc) is 2.28. The Morgan fingerprint density at radius 1 is 1.47 bits per heavy atom. The van der Waals surface area contributed by atoms with Gasteiger partial charge in [0.05, 0.1) is 0 Å². The molecule has 2 nitrogen and oxygen atoms in total. The first-order valence-corrected chi connectivity index (χ1v) is 5.49. The second kappa shape index (κ2) is 5.66. The Labute approximate surface area is 91.5 Å². The third-order valence-electron chi connectivity index (χ3n) is 2.59. The second-order valence-corrected chi connectivity index (χ2v) is 4.02. The normalized spacial score (nSPS) is 12.5. The van der Waals surface area contributed by atoms with E-state index in [2.05, 4.69) is 6.92 Å². The minimum Gasteiger partial charge on any atom is -0.330 e. The van der Waals surface area contributed by atoms with Gasteiger partial charge < -0.3 is 5.73 Å². The third-order valence-corrected chi connectivity index (χ3v) is 2.59. The van der Waals surface area contributed by atoms with Crippen LogP contribution in [0.2, 0.25) is 0 Å². The van der Waals surface area contributed by atoms with Gasteiger partial charge in [-0.3, -0.25) is 4.79 Å². The van der Waals surface area contributed by atoms with Crippen LogP contribution in [0.4, 0.5) is 0 Å². The van der Waals surface area contributed by atoms with Gasteiger partial charge in [0.15, 0.2) is 5.78 Å². The molecule has 0 spiro atoms. The van der Waals surface area contributed by atoms with Crippen molar-refractivity contribution in [1.29, 1.82) is 0 Å². The van der Waals surface area contributed by atoms with Gasteiger partial charge in [0.1, 0.15) is 0 Å². The Balaban J connectivity index is 2.73. The van der Waals surface area contributed by atoms with E-state index >= 15 is 0 Å². The van der Waals surface area contributed by atoms with Crippen molar-refractivity contribution in [2.24, 2.45) is 11.7 Å². The van der Waals surface area contributed by atoms with Crippen LogP contribution in [0.15, 0.2) is 24.3 Å². The van der Waals surface area contributed by atoms with Crippen LogP contribution < -0.4 is 5.73 Å². The highest BCUT2D eigenvalue weighted by molar-refractivity contribution is 5.96. The van der Waals surface area contributed by atoms with Crippen LogP contribution in [0.1, 0.15) is 36.2 Å². The van der Waals surface area contributed by atoms with Crippen molar-refractivity contribution in [3.63, 3.8) is 0 Å². The summed E-state index contributed by atoms with van der Waals surface area (Å²) >= 11 is 0. The van der Waals surface area contributed by atoms with Crippen LogP contribution in [-0.2, 0) is 6.42 Å². The fourth-order valence-electron chi connectivity index (χ4n) is 1.48. The van der Waals surface area contributed by atoms with Crippen molar-refractivity contribution in [2.75, 3.05) is 6.54 Å². The van der Waals surface area contributed by atoms with Gasteiger partial charge in [0.2, 0.25) is 0 Å². The number of nitrogens with two attached hydrogens (primary N) is 1. The highest BCUT2D eigenvalue weighted by Crippen LogP contribution is 2.11. The molecule has 2 heteroatoms. The van der Waals surface area contributed by atoms with Gasteiger partial charge in [-0.25, -0.2) is 0 Å². The van der Waals surface area contributed by atoms with Crippen molar-refractivity contribution >= 4 is 5.78 Å². The number of ketones is 1. The number of hydrogen-bond acceptors (Lipinski definition) is 2. The zero-order chi connectivity index (χ0) is 11.3. The number of benzene rings is 1. The molecule has 0 aliphatic carbocycles. The van der Waals surface area contributed by atoms with Gasteiger partial charge in [-0.15, -0.1) is 0 Å². The van der Waals surface area contributed by atoms with E-state index in [1.54, 1.807) is 0 Å². The first-order valence-electron chi connectivity index (χ1n) is 5.49. The van der Waals surface area contributed by atoms with E-state index in [1.807, 2.05) is 31.2 Å². The van der Waals surface area contributed by atoms with Crippen LogP contribution >= 0.6 is 0 Å². The minimum atomic E-state index is 0.197. The van der Waals surface area contributed by atoms with Crippen molar-refractivity contribution in [3.05, 3.63) is 35.4 Å². The zero-order valence-corrected chi connectivity index (χ0v) is 9.49. The summed E-state index contributed by atoms with van der Waals surface area (Å²) in [6.45, 7) is 4.66. The molecule has 15 heavy (non-hydrogen) atoms. The number of hydrogen-bond donors (Lipinski definition) is 1. The smallest absolute Gasteiger partial charge is 0.163 e. The fraction of sp³-hybridized carbons (Fsp3) is 0.462. The van der Waals surface area contributed by atoms with E-state index in [9.17, 15) is 4.79 Å². The van der Waals surface area contributed by atoms with E-state index in [-0.39, 0.29) is 11.7 Å². The van der Waals surface area contributed by atoms with Gasteiger partial charge >= 0.3 is 0 Å². The first-order chi connectivity index (χ1) is 7.17. The molecule has 0 aliphatic rings. The summed E-state index contributed by atoms with van der Waals surface area (Å²) in [6.07, 6.45) is 1.51. The monoisotopic (exact) mass is 205 g/mol. The summed E-state index contributed by atoms with van der Waals surface area (Å²) in [5, 5.41) is 0. The molecule has 0 saturated carbocycles. The molecule has 0 aliphatic heterocycles. The van der Waals surface area contributed by atoms with E-state index in [4.69, 9.17) is 5.73 Å². The van der Waals surface area contributed by atoms with Crippen molar-refractivity contribution < 1.29 is 4.79 Å². The lowest BCUT2D eigenvalue weighted by Gasteiger charge is -2.07. The summed E-state index contributed by atoms with van der Waals surface area (Å²) in [6, 6.07) is 7.85. The van der Waals surface area contributed by atoms with Crippen LogP contribution in [0.25, 0.3) is 0 Å². The maximum absolute atomic E-state index is 11.8. The molecular formula is C13H19NO. The first kappa shape index (κ1) is 11.9. The van der Waals surface area contributed by atoms with Crippen molar-refractivity contribution in [1.82, 2.24) is 0 Å². The lowest BCUT2D eigenvalue weighted by Crippen LogP contribution is -2.15. The Morgan fingerprint density at radius 2 is 2.20 bits per heavy atom. The topological polar surface area (TPSA) is 43.1 Å². The Morgan fingerprint density at radius 3 is 2.80 bits per heavy atom. The number of aryl methyl sites for hydroxylation is 1. The molecule has 0 radical (unpaired) electrons. The minimum absolute atomic E-state index is 0.197. The Hall–Kier alpha value is -1.15. The summed E-state index contributed by atoms with van der Waals surface area (Å²) in [5.74, 6) is 0.464. The summed E-state index contributed by atoms with van der Waals surface area (Å²) < 4.78 is 0. The SMILES string of the molecule is CCc1cccc(C(=O)CC(C)CN)c1. The quantitative estimate of drug-likeness (QED) is 0.750. The number of carbonyl (C=O) groups excluding carboxylic acids is 1. The van der Waals surface area contributed by atoms with Crippen LogP contribution in [0.5, 0.6) is 0 Å². The lowest BCUT2D eigenvalue weighted by molar-refractivity contribution is 0.0966. The number of Topliss-reactive ketones (excluding diaryl/α,β-unsaturated/α-hetero) is 1. The van der Waals surface area contributed by atoms with E-state index in [0.717, 1.165) is 12.0 Å². The fourth-order valence-corrected chi connectivity index (χ4v) is 1.48. The van der Waals surface area contributed by atoms with Gasteiger partial charge in [-0.2, -0.15) is 0 Å². The Kier molecular flexibility index (Phi) is 4.50. The van der Waals surface area contributed by atoms with Gasteiger partial charge in [-0.1, -0.05) is 32.0 Å². The maximum atomic E-state index is 11.8. The standard InChI is InChI=1S/C13H19NO/c1-3-11-5-4-6-12(8-11)13(15)7-10(2)9-14/h4-6,8,10H,3,7,9,14H2,1-2H3. The van der Waals surface area contributed by atoms with Crippen LogP contribution in [0, 0.1) is 5.92 Å². The molecular weight excluding hydrogens is 186 g/mol. The molecule has 0 aromatic heterocycles. The second-order valence-electron chi connectivity index (χ2n) is 4.02. The largest absolute Gasteiger partial charge is 0.330 e. The molecule has 0 bridgehead atoms. The molecule has 1 atom stereocenters. The molecule has 1 rings (SSSR count). The predicted octanol–water partition coefficient (Wildman–Crippen LogP) is 2.42. The molecule has 1 aromatic rings. The summed E-state index contributed by atoms with van der Waals surface area (Å²) in [7, 11) is 0. The van der Waals surface area contributed by atoms with Gasteiger partial charge in [0.25, 0.3) is 0 Å². The van der Waals surface area contributed by atoms with Gasteiger partial charge in [0, 0.05) is 12.0 Å². The molecule has 2 N–H and O–H groups in total. The predicted molar refractivity (Wildman–Crippen MR) is 63.0 cm³/mol. The molecule has 1 aromatic carbocycles. The zero-order valence-electron chi connectivity index (χ0n) is 9.49. The van der Waals surface area contributed by atoms with E-state index in [0.29, 0.717) is 13.0 Å². The molecule has 0 heterocycles. The molecule has 0 fully saturated rings.